The molecule has 0 aliphatic rings. The fourth-order valence-electron chi connectivity index (χ4n) is 1.82. The van der Waals surface area contributed by atoms with E-state index in [0.717, 1.165) is 16.5 Å². The Kier molecular flexibility index (Phi) is 4.71. The van der Waals surface area contributed by atoms with Crippen molar-refractivity contribution in [2.75, 3.05) is 18.9 Å². The first kappa shape index (κ1) is 13.8. The average molecular weight is 260 g/mol. The third-order valence-corrected chi connectivity index (χ3v) is 2.77. The van der Waals surface area contributed by atoms with Crippen molar-refractivity contribution in [1.82, 2.24) is 4.98 Å². The van der Waals surface area contributed by atoms with Gasteiger partial charge in [-0.1, -0.05) is 18.2 Å². The highest BCUT2D eigenvalue weighted by atomic mass is 16.5. The number of ether oxygens (including phenoxy) is 2. The van der Waals surface area contributed by atoms with Crippen LogP contribution in [-0.2, 0) is 16.1 Å². The van der Waals surface area contributed by atoms with Crippen molar-refractivity contribution in [3.05, 3.63) is 35.9 Å². The molecule has 0 bridgehead atoms. The van der Waals surface area contributed by atoms with Crippen LogP contribution in [0.15, 0.2) is 30.3 Å². The molecule has 1 aromatic carbocycles. The van der Waals surface area contributed by atoms with E-state index in [1.807, 2.05) is 44.2 Å². The van der Waals surface area contributed by atoms with E-state index in [4.69, 9.17) is 15.2 Å². The predicted molar refractivity (Wildman–Crippen MR) is 76.9 cm³/mol. The predicted octanol–water partition coefficient (Wildman–Crippen LogP) is 2.76. The maximum atomic E-state index is 5.93. The summed E-state index contributed by atoms with van der Waals surface area (Å²) >= 11 is 0. The molecular weight excluding hydrogens is 240 g/mol. The van der Waals surface area contributed by atoms with Crippen molar-refractivity contribution in [2.45, 2.75) is 26.6 Å². The van der Waals surface area contributed by atoms with Gasteiger partial charge in [0.1, 0.15) is 5.82 Å². The Morgan fingerprint density at radius 1 is 1.21 bits per heavy atom. The fraction of sp³-hybridized carbons (Fsp3) is 0.400. The molecule has 2 N–H and O–H groups in total. The number of anilines is 1. The zero-order valence-corrected chi connectivity index (χ0v) is 11.4. The van der Waals surface area contributed by atoms with Crippen LogP contribution in [-0.4, -0.2) is 24.3 Å². The van der Waals surface area contributed by atoms with Crippen LogP contribution in [0.1, 0.15) is 19.4 Å². The zero-order valence-electron chi connectivity index (χ0n) is 11.4. The van der Waals surface area contributed by atoms with Gasteiger partial charge in [0.15, 0.2) is 0 Å². The molecule has 102 valence electrons. The number of fused-ring (bicyclic) bond motifs is 1. The molecule has 0 fully saturated rings. The van der Waals surface area contributed by atoms with Crippen LogP contribution < -0.4 is 5.73 Å². The normalized spacial score (nSPS) is 11.3. The summed E-state index contributed by atoms with van der Waals surface area (Å²) in [5.74, 6) is 0.531. The number of pyridine rings is 1. The van der Waals surface area contributed by atoms with E-state index < -0.39 is 0 Å². The number of aromatic nitrogens is 1. The number of para-hydroxylation sites is 1. The Balaban J connectivity index is 1.95. The van der Waals surface area contributed by atoms with Crippen LogP contribution in [0.4, 0.5) is 5.82 Å². The lowest BCUT2D eigenvalue weighted by atomic mass is 10.1. The topological polar surface area (TPSA) is 57.4 Å². The minimum Gasteiger partial charge on any atom is -0.383 e. The first-order valence-corrected chi connectivity index (χ1v) is 6.50. The Bertz CT molecular complexity index is 541. The molecule has 4 nitrogen and oxygen atoms in total. The van der Waals surface area contributed by atoms with E-state index >= 15 is 0 Å². The minimum atomic E-state index is 0.232. The first-order valence-electron chi connectivity index (χ1n) is 6.50. The summed E-state index contributed by atoms with van der Waals surface area (Å²) in [6.45, 7) is 5.63. The highest BCUT2D eigenvalue weighted by Crippen LogP contribution is 2.18. The molecule has 0 atom stereocenters. The summed E-state index contributed by atoms with van der Waals surface area (Å²) < 4.78 is 11.0. The SMILES string of the molecule is CC(C)OCCOCc1cc2ccccc2nc1N. The summed E-state index contributed by atoms with van der Waals surface area (Å²) in [4.78, 5) is 4.37. The zero-order chi connectivity index (χ0) is 13.7. The van der Waals surface area contributed by atoms with Crippen LogP contribution in [0, 0.1) is 0 Å². The molecule has 0 saturated heterocycles. The fourth-order valence-corrected chi connectivity index (χ4v) is 1.82. The van der Waals surface area contributed by atoms with Crippen molar-refractivity contribution in [3.8, 4) is 0 Å². The molecule has 1 aromatic heterocycles. The van der Waals surface area contributed by atoms with Gasteiger partial charge >= 0.3 is 0 Å². The number of nitrogens with zero attached hydrogens (tertiary/aromatic N) is 1. The average Bonchev–Trinajstić information content (AvgIpc) is 2.38. The van der Waals surface area contributed by atoms with Gasteiger partial charge in [-0.2, -0.15) is 0 Å². The van der Waals surface area contributed by atoms with Crippen molar-refractivity contribution < 1.29 is 9.47 Å². The van der Waals surface area contributed by atoms with Gasteiger partial charge in [0, 0.05) is 10.9 Å². The van der Waals surface area contributed by atoms with Crippen LogP contribution in [0.3, 0.4) is 0 Å². The quantitative estimate of drug-likeness (QED) is 0.811. The van der Waals surface area contributed by atoms with Crippen molar-refractivity contribution in [3.63, 3.8) is 0 Å². The molecule has 0 aliphatic heterocycles. The lowest BCUT2D eigenvalue weighted by Crippen LogP contribution is -2.10. The molecule has 1 heterocycles. The number of nitrogens with two attached hydrogens (primary N) is 1. The van der Waals surface area contributed by atoms with E-state index in [-0.39, 0.29) is 6.10 Å². The molecule has 4 heteroatoms. The van der Waals surface area contributed by atoms with Crippen LogP contribution in [0.5, 0.6) is 0 Å². The third kappa shape index (κ3) is 3.91. The lowest BCUT2D eigenvalue weighted by molar-refractivity contribution is 0.0144. The summed E-state index contributed by atoms with van der Waals surface area (Å²) in [5.41, 5.74) is 7.76. The number of hydrogen-bond donors (Lipinski definition) is 1. The van der Waals surface area contributed by atoms with Crippen LogP contribution in [0.2, 0.25) is 0 Å². The molecular formula is C15H20N2O2. The van der Waals surface area contributed by atoms with Crippen molar-refractivity contribution in [1.29, 1.82) is 0 Å². The second-order valence-corrected chi connectivity index (χ2v) is 4.70. The van der Waals surface area contributed by atoms with Gasteiger partial charge in [-0.25, -0.2) is 4.98 Å². The second-order valence-electron chi connectivity index (χ2n) is 4.70. The van der Waals surface area contributed by atoms with E-state index in [1.165, 1.54) is 0 Å². The monoisotopic (exact) mass is 260 g/mol. The number of rotatable bonds is 6. The molecule has 2 rings (SSSR count). The van der Waals surface area contributed by atoms with Crippen molar-refractivity contribution in [2.24, 2.45) is 0 Å². The van der Waals surface area contributed by atoms with Gasteiger partial charge in [-0.15, -0.1) is 0 Å². The summed E-state index contributed by atoms with van der Waals surface area (Å²) in [6, 6.07) is 9.94. The Morgan fingerprint density at radius 3 is 2.79 bits per heavy atom. The van der Waals surface area contributed by atoms with Gasteiger partial charge < -0.3 is 15.2 Å². The van der Waals surface area contributed by atoms with E-state index in [2.05, 4.69) is 4.98 Å². The van der Waals surface area contributed by atoms with Gasteiger partial charge in [-0.05, 0) is 26.0 Å². The maximum Gasteiger partial charge on any atom is 0.129 e. The highest BCUT2D eigenvalue weighted by molar-refractivity contribution is 5.81. The molecule has 0 spiro atoms. The lowest BCUT2D eigenvalue weighted by Gasteiger charge is -2.10. The van der Waals surface area contributed by atoms with Crippen LogP contribution in [0.25, 0.3) is 10.9 Å². The Hall–Kier alpha value is -1.65. The molecule has 0 saturated carbocycles. The van der Waals surface area contributed by atoms with Gasteiger partial charge in [0.05, 0.1) is 31.4 Å². The van der Waals surface area contributed by atoms with Gasteiger partial charge in [0.2, 0.25) is 0 Å². The second kappa shape index (κ2) is 6.50. The minimum absolute atomic E-state index is 0.232. The van der Waals surface area contributed by atoms with Crippen molar-refractivity contribution >= 4 is 16.7 Å². The summed E-state index contributed by atoms with van der Waals surface area (Å²) in [6.07, 6.45) is 0.232. The van der Waals surface area contributed by atoms with Gasteiger partial charge in [-0.3, -0.25) is 0 Å². The standard InChI is InChI=1S/C15H20N2O2/c1-11(2)19-8-7-18-10-13-9-12-5-3-4-6-14(12)17-15(13)16/h3-6,9,11H,7-8,10H2,1-2H3,(H2,16,17). The third-order valence-electron chi connectivity index (χ3n) is 2.77. The summed E-state index contributed by atoms with van der Waals surface area (Å²) in [7, 11) is 0. The highest BCUT2D eigenvalue weighted by Gasteiger charge is 2.04. The molecule has 0 unspecified atom stereocenters. The molecule has 19 heavy (non-hydrogen) atoms. The molecule has 0 aliphatic carbocycles. The molecule has 2 aromatic rings. The molecule has 0 amide bonds. The van der Waals surface area contributed by atoms with E-state index in [1.54, 1.807) is 0 Å². The maximum absolute atomic E-state index is 5.93. The van der Waals surface area contributed by atoms with E-state index in [0.29, 0.717) is 25.6 Å². The van der Waals surface area contributed by atoms with E-state index in [9.17, 15) is 0 Å². The van der Waals surface area contributed by atoms with Gasteiger partial charge in [0.25, 0.3) is 0 Å². The summed E-state index contributed by atoms with van der Waals surface area (Å²) in [5, 5.41) is 1.08. The molecule has 0 radical (unpaired) electrons. The van der Waals surface area contributed by atoms with Crippen LogP contribution >= 0.6 is 0 Å². The number of hydrogen-bond acceptors (Lipinski definition) is 4. The number of nitrogen functional groups attached to an aromatic ring is 1. The Labute approximate surface area is 113 Å². The first-order chi connectivity index (χ1) is 9.16. The smallest absolute Gasteiger partial charge is 0.129 e. The Morgan fingerprint density at radius 2 is 2.00 bits per heavy atom. The largest absolute Gasteiger partial charge is 0.383 e. The number of benzene rings is 1.